The van der Waals surface area contributed by atoms with Crippen molar-refractivity contribution in [2.45, 2.75) is 264 Å². The smallest absolute Gasteiger partial charge is 0.0132 e. The van der Waals surface area contributed by atoms with Crippen LogP contribution in [0.3, 0.4) is 0 Å². The van der Waals surface area contributed by atoms with Crippen molar-refractivity contribution in [3.05, 3.63) is 0 Å². The van der Waals surface area contributed by atoms with Crippen molar-refractivity contribution in [2.75, 3.05) is 0 Å². The van der Waals surface area contributed by atoms with Crippen LogP contribution in [0.2, 0.25) is 0 Å². The van der Waals surface area contributed by atoms with Gasteiger partial charge in [0.15, 0.2) is 0 Å². The number of rotatable bonds is 6. The summed E-state index contributed by atoms with van der Waals surface area (Å²) < 4.78 is 0. The van der Waals surface area contributed by atoms with Crippen LogP contribution in [0.25, 0.3) is 0 Å². The average molecular weight is 842 g/mol. The van der Waals surface area contributed by atoms with Crippen LogP contribution in [-0.2, 0) is 0 Å². The van der Waals surface area contributed by atoms with Gasteiger partial charge in [0.2, 0.25) is 0 Å². The zero-order valence-corrected chi connectivity index (χ0v) is 39.8. The number of hydrogen-bond acceptors (Lipinski definition) is 3. The molecule has 1 nitrogen and oxygen atoms in total. The van der Waals surface area contributed by atoms with Gasteiger partial charge in [-0.05, 0) is 211 Å². The zero-order chi connectivity index (χ0) is 38.9. The molecule has 0 N–H and O–H groups in total. The lowest BCUT2D eigenvalue weighted by atomic mass is 9.56. The molecule has 16 unspecified atom stereocenters. The largest absolute Gasteiger partial charge is 0.294 e. The van der Waals surface area contributed by atoms with E-state index in [2.05, 4.69) is 28.4 Å². The molecule has 10 saturated carbocycles. The van der Waals surface area contributed by atoms with E-state index in [1.165, 1.54) is 12.8 Å². The van der Waals surface area contributed by atoms with E-state index in [1.54, 1.807) is 212 Å². The van der Waals surface area contributed by atoms with Crippen molar-refractivity contribution in [1.82, 2.24) is 4.90 Å². The van der Waals surface area contributed by atoms with Gasteiger partial charge in [-0.15, -0.1) is 0 Å². The van der Waals surface area contributed by atoms with E-state index >= 15 is 0 Å². The third kappa shape index (κ3) is 7.77. The SMILES string of the molecule is C1CCC(C2CCC(N(C3CCC(C4CCCC5CCCCC54)CC3)C3CCC(C4CCCC5C6CCC7SC8CCCCC8C7C6SC45)C4CCCCC43)CC2)CC1. The highest BCUT2D eigenvalue weighted by Gasteiger charge is 2.60. The van der Waals surface area contributed by atoms with E-state index in [9.17, 15) is 0 Å². The Kier molecular flexibility index (Phi) is 12.6. The predicted molar refractivity (Wildman–Crippen MR) is 254 cm³/mol. The molecule has 12 fully saturated rings. The second-order valence-corrected chi connectivity index (χ2v) is 27.9. The van der Waals surface area contributed by atoms with Crippen molar-refractivity contribution < 1.29 is 0 Å². The Labute approximate surface area is 373 Å². The highest BCUT2D eigenvalue weighted by molar-refractivity contribution is 8.02. The first-order valence-corrected chi connectivity index (χ1v) is 30.2. The van der Waals surface area contributed by atoms with Crippen molar-refractivity contribution in [1.29, 1.82) is 0 Å². The summed E-state index contributed by atoms with van der Waals surface area (Å²) in [6.45, 7) is 0. The van der Waals surface area contributed by atoms with Gasteiger partial charge in [-0.3, -0.25) is 4.90 Å². The van der Waals surface area contributed by atoms with Gasteiger partial charge >= 0.3 is 0 Å². The monoisotopic (exact) mass is 842 g/mol. The third-order valence-corrected chi connectivity index (χ3v) is 26.7. The van der Waals surface area contributed by atoms with Crippen LogP contribution < -0.4 is 0 Å². The molecular weight excluding hydrogens is 751 g/mol. The summed E-state index contributed by atoms with van der Waals surface area (Å²) >= 11 is 5.24. The van der Waals surface area contributed by atoms with Crippen LogP contribution >= 0.6 is 23.5 Å². The first kappa shape index (κ1) is 41.1. The van der Waals surface area contributed by atoms with E-state index in [0.29, 0.717) is 0 Å². The molecule has 12 aliphatic rings. The van der Waals surface area contributed by atoms with Crippen LogP contribution in [0.5, 0.6) is 0 Å². The number of fused-ring (bicyclic) bond motifs is 9. The molecule has 2 heterocycles. The normalized spacial score (nSPS) is 53.0. The predicted octanol–water partition coefficient (Wildman–Crippen LogP) is 15.8. The van der Waals surface area contributed by atoms with E-state index in [-0.39, 0.29) is 0 Å². The molecule has 3 heteroatoms. The Morgan fingerprint density at radius 2 is 0.729 bits per heavy atom. The van der Waals surface area contributed by atoms with Gasteiger partial charge in [0, 0.05) is 39.1 Å². The van der Waals surface area contributed by atoms with E-state index in [1.807, 2.05) is 0 Å². The number of hydrogen-bond donors (Lipinski definition) is 0. The van der Waals surface area contributed by atoms with E-state index in [4.69, 9.17) is 0 Å². The highest BCUT2D eigenvalue weighted by Crippen LogP contribution is 2.67. The van der Waals surface area contributed by atoms with Gasteiger partial charge in [-0.25, -0.2) is 0 Å². The van der Waals surface area contributed by atoms with E-state index < -0.39 is 0 Å². The van der Waals surface area contributed by atoms with Gasteiger partial charge in [0.05, 0.1) is 0 Å². The summed E-state index contributed by atoms with van der Waals surface area (Å²) in [4.78, 5) is 3.50. The molecule has 10 aliphatic carbocycles. The van der Waals surface area contributed by atoms with Crippen molar-refractivity contribution in [3.63, 3.8) is 0 Å². The molecular formula is C56H91NS2. The standard InChI is InChI=1S/C56H91NS2/c1-2-12-36(13-3-1)37-24-28-40(29-25-37)57(41-30-26-39(27-31-41)43-20-10-15-38-14-4-5-16-42(38)43)51-34-32-45(44-17-6-7-18-46(44)51)47-21-11-22-48-49-33-35-53-54(56(49)59-55(47)48)50-19-8-9-23-52(50)58-53/h36-56H,1-35H2. The minimum atomic E-state index is 0.922. The fourth-order valence-electron chi connectivity index (χ4n) is 20.6. The van der Waals surface area contributed by atoms with Crippen LogP contribution in [0.15, 0.2) is 0 Å². The fraction of sp³-hybridized carbons (Fsp3) is 1.00. The minimum Gasteiger partial charge on any atom is -0.294 e. The summed E-state index contributed by atoms with van der Waals surface area (Å²) in [5.74, 6) is 15.2. The molecule has 0 spiro atoms. The lowest BCUT2D eigenvalue weighted by Crippen LogP contribution is -2.59. The minimum absolute atomic E-state index is 0.922. The first-order valence-electron chi connectivity index (χ1n) is 28.3. The average Bonchev–Trinajstić information content (AvgIpc) is 3.89. The summed E-state index contributed by atoms with van der Waals surface area (Å²) in [5.41, 5.74) is 0. The Morgan fingerprint density at radius 1 is 0.254 bits per heavy atom. The van der Waals surface area contributed by atoms with Crippen LogP contribution in [0.4, 0.5) is 0 Å². The van der Waals surface area contributed by atoms with Gasteiger partial charge < -0.3 is 0 Å². The van der Waals surface area contributed by atoms with Crippen molar-refractivity contribution in [3.8, 4) is 0 Å². The zero-order valence-electron chi connectivity index (χ0n) is 38.1. The number of thioether (sulfide) groups is 2. The second-order valence-electron chi connectivity index (χ2n) is 25.0. The topological polar surface area (TPSA) is 3.24 Å². The van der Waals surface area contributed by atoms with Gasteiger partial charge in [0.25, 0.3) is 0 Å². The molecule has 2 aliphatic heterocycles. The summed E-state index contributed by atoms with van der Waals surface area (Å²) in [6, 6.07) is 2.78. The van der Waals surface area contributed by atoms with E-state index in [0.717, 1.165) is 122 Å². The maximum absolute atomic E-state index is 3.50. The van der Waals surface area contributed by atoms with Crippen molar-refractivity contribution in [2.24, 2.45) is 82.9 Å². The molecule has 0 amide bonds. The molecule has 0 radical (unpaired) electrons. The summed E-state index contributed by atoms with van der Waals surface area (Å²) in [6.07, 6.45) is 55.3. The molecule has 0 aromatic heterocycles. The van der Waals surface area contributed by atoms with Gasteiger partial charge in [0.1, 0.15) is 0 Å². The molecule has 12 rings (SSSR count). The van der Waals surface area contributed by atoms with Crippen LogP contribution in [0, 0.1) is 82.9 Å². The lowest BCUT2D eigenvalue weighted by Gasteiger charge is -2.57. The molecule has 0 bridgehead atoms. The Bertz CT molecular complexity index is 1370. The van der Waals surface area contributed by atoms with Gasteiger partial charge in [-0.1, -0.05) is 96.3 Å². The molecule has 0 aromatic carbocycles. The van der Waals surface area contributed by atoms with Crippen LogP contribution in [-0.4, -0.2) is 44.0 Å². The molecule has 2 saturated heterocycles. The third-order valence-electron chi connectivity index (χ3n) is 22.9. The second kappa shape index (κ2) is 18.1. The Balaban J connectivity index is 0.775. The maximum Gasteiger partial charge on any atom is 0.0132 e. The molecule has 16 atom stereocenters. The highest BCUT2D eigenvalue weighted by atomic mass is 32.2. The Hall–Kier alpha value is 0.660. The number of nitrogens with zero attached hydrogens (tertiary/aromatic N) is 1. The molecule has 0 aromatic rings. The lowest BCUT2D eigenvalue weighted by molar-refractivity contribution is -0.0735. The fourth-order valence-corrected chi connectivity index (χ4v) is 25.4. The Morgan fingerprint density at radius 3 is 1.51 bits per heavy atom. The maximum atomic E-state index is 3.50. The van der Waals surface area contributed by atoms with Gasteiger partial charge in [-0.2, -0.15) is 23.5 Å². The molecule has 59 heavy (non-hydrogen) atoms. The summed E-state index contributed by atoms with van der Waals surface area (Å²) in [7, 11) is 0. The quantitative estimate of drug-likeness (QED) is 0.262. The summed E-state index contributed by atoms with van der Waals surface area (Å²) in [5, 5.41) is 4.18. The molecule has 332 valence electrons. The first-order chi connectivity index (χ1) is 29.3. The van der Waals surface area contributed by atoms with Crippen LogP contribution in [0.1, 0.15) is 225 Å². The van der Waals surface area contributed by atoms with Crippen molar-refractivity contribution >= 4 is 23.5 Å².